The van der Waals surface area contributed by atoms with Gasteiger partial charge in [0, 0.05) is 18.1 Å². The lowest BCUT2D eigenvalue weighted by Crippen LogP contribution is -2.49. The maximum absolute atomic E-state index is 13.1. The molecule has 162 valence electrons. The highest BCUT2D eigenvalue weighted by Gasteiger charge is 2.27. The molecule has 30 heavy (non-hydrogen) atoms. The van der Waals surface area contributed by atoms with Gasteiger partial charge in [-0.2, -0.15) is 0 Å². The van der Waals surface area contributed by atoms with Gasteiger partial charge in [-0.15, -0.1) is 0 Å². The third kappa shape index (κ3) is 6.23. The molecule has 2 rings (SSSR count). The average molecular weight is 431 g/mol. The first kappa shape index (κ1) is 23.7. The highest BCUT2D eigenvalue weighted by atomic mass is 35.5. The fourth-order valence-corrected chi connectivity index (χ4v) is 3.34. The Balaban J connectivity index is 2.23. The molecule has 0 bridgehead atoms. The first-order valence-corrected chi connectivity index (χ1v) is 10.6. The van der Waals surface area contributed by atoms with E-state index in [1.54, 1.807) is 13.0 Å². The number of hydrogen-bond acceptors (Lipinski definition) is 3. The predicted octanol–water partition coefficient (Wildman–Crippen LogP) is 4.57. The number of hydrogen-bond donors (Lipinski definition) is 1. The first-order valence-electron chi connectivity index (χ1n) is 10.2. The zero-order valence-electron chi connectivity index (χ0n) is 18.4. The number of halogens is 1. The van der Waals surface area contributed by atoms with Gasteiger partial charge in [-0.25, -0.2) is 0 Å². The van der Waals surface area contributed by atoms with E-state index in [2.05, 4.69) is 26.1 Å². The van der Waals surface area contributed by atoms with Gasteiger partial charge in [-0.1, -0.05) is 68.8 Å². The van der Waals surface area contributed by atoms with Crippen LogP contribution in [0.3, 0.4) is 0 Å². The fourth-order valence-electron chi connectivity index (χ4n) is 3.15. The smallest absolute Gasteiger partial charge is 0.261 e. The van der Waals surface area contributed by atoms with E-state index < -0.39 is 6.04 Å². The van der Waals surface area contributed by atoms with E-state index in [1.807, 2.05) is 49.4 Å². The number of amides is 2. The summed E-state index contributed by atoms with van der Waals surface area (Å²) in [6.45, 7) is 10.4. The quantitative estimate of drug-likeness (QED) is 0.667. The minimum Gasteiger partial charge on any atom is -0.483 e. The minimum absolute atomic E-state index is 0.120. The van der Waals surface area contributed by atoms with E-state index in [1.165, 1.54) is 4.90 Å². The summed E-state index contributed by atoms with van der Waals surface area (Å²) in [6, 6.07) is 14.3. The van der Waals surface area contributed by atoms with E-state index in [4.69, 9.17) is 16.3 Å². The molecule has 5 nitrogen and oxygen atoms in total. The van der Waals surface area contributed by atoms with Crippen LogP contribution in [0.4, 0.5) is 0 Å². The van der Waals surface area contributed by atoms with Crippen molar-refractivity contribution in [2.45, 2.75) is 52.6 Å². The molecule has 0 aromatic heterocycles. The number of nitrogens with one attached hydrogen (secondary N) is 1. The Kier molecular flexibility index (Phi) is 8.30. The summed E-state index contributed by atoms with van der Waals surface area (Å²) in [7, 11) is 0. The number of ether oxygens (including phenoxy) is 1. The number of likely N-dealkylation sites (N-methyl/N-ethyl adjacent to an activating group) is 1. The van der Waals surface area contributed by atoms with E-state index in [0.29, 0.717) is 17.3 Å². The molecule has 0 aliphatic rings. The van der Waals surface area contributed by atoms with E-state index in [0.717, 1.165) is 11.1 Å². The van der Waals surface area contributed by atoms with Crippen molar-refractivity contribution >= 4 is 23.4 Å². The van der Waals surface area contributed by atoms with Crippen molar-refractivity contribution in [2.75, 3.05) is 13.2 Å². The third-order valence-corrected chi connectivity index (χ3v) is 5.23. The van der Waals surface area contributed by atoms with Gasteiger partial charge in [0.15, 0.2) is 6.61 Å². The fraction of sp³-hybridized carbons (Fsp3) is 0.417. The first-order chi connectivity index (χ1) is 14.1. The lowest BCUT2D eigenvalue weighted by molar-refractivity contribution is -0.142. The van der Waals surface area contributed by atoms with Gasteiger partial charge in [-0.05, 0) is 42.5 Å². The summed E-state index contributed by atoms with van der Waals surface area (Å²) >= 11 is 6.29. The normalized spacial score (nSPS) is 12.2. The zero-order valence-corrected chi connectivity index (χ0v) is 19.1. The van der Waals surface area contributed by atoms with Crippen LogP contribution >= 0.6 is 11.6 Å². The summed E-state index contributed by atoms with van der Waals surface area (Å²) in [5.41, 5.74) is 1.68. The number of carbonyl (C=O) groups is 2. The molecule has 2 aromatic carbocycles. The highest BCUT2D eigenvalue weighted by Crippen LogP contribution is 2.31. The van der Waals surface area contributed by atoms with Gasteiger partial charge in [0.25, 0.3) is 5.91 Å². The molecule has 0 unspecified atom stereocenters. The van der Waals surface area contributed by atoms with E-state index in [-0.39, 0.29) is 30.4 Å². The van der Waals surface area contributed by atoms with Gasteiger partial charge in [0.2, 0.25) is 5.91 Å². The van der Waals surface area contributed by atoms with E-state index in [9.17, 15) is 9.59 Å². The van der Waals surface area contributed by atoms with Crippen molar-refractivity contribution in [2.24, 2.45) is 0 Å². The Bertz CT molecular complexity index is 877. The molecule has 0 spiro atoms. The van der Waals surface area contributed by atoms with Crippen molar-refractivity contribution in [1.82, 2.24) is 10.2 Å². The van der Waals surface area contributed by atoms with E-state index >= 15 is 0 Å². The molecule has 6 heteroatoms. The maximum atomic E-state index is 13.1. The molecule has 2 amide bonds. The molecule has 1 atom stereocenters. The van der Waals surface area contributed by atoms with Crippen LogP contribution < -0.4 is 10.1 Å². The summed E-state index contributed by atoms with van der Waals surface area (Å²) < 4.78 is 5.91. The Labute approximate surface area is 184 Å². The van der Waals surface area contributed by atoms with Crippen molar-refractivity contribution in [3.8, 4) is 5.75 Å². The van der Waals surface area contributed by atoms with Gasteiger partial charge in [-0.3, -0.25) is 9.59 Å². The largest absolute Gasteiger partial charge is 0.483 e. The third-order valence-electron chi connectivity index (χ3n) is 4.86. The van der Waals surface area contributed by atoms with Crippen LogP contribution in [0.2, 0.25) is 5.02 Å². The summed E-state index contributed by atoms with van der Waals surface area (Å²) in [4.78, 5) is 27.1. The Morgan fingerprint density at radius 3 is 2.37 bits per heavy atom. The van der Waals surface area contributed by atoms with Gasteiger partial charge >= 0.3 is 0 Å². The molecule has 0 aliphatic carbocycles. The van der Waals surface area contributed by atoms with Crippen LogP contribution in [0.1, 0.15) is 45.7 Å². The van der Waals surface area contributed by atoms with Gasteiger partial charge in [0.1, 0.15) is 11.8 Å². The predicted molar refractivity (Wildman–Crippen MR) is 121 cm³/mol. The maximum Gasteiger partial charge on any atom is 0.261 e. The topological polar surface area (TPSA) is 58.6 Å². The van der Waals surface area contributed by atoms with Crippen molar-refractivity contribution in [3.63, 3.8) is 0 Å². The lowest BCUT2D eigenvalue weighted by Gasteiger charge is -2.29. The van der Waals surface area contributed by atoms with Crippen LogP contribution in [-0.4, -0.2) is 35.9 Å². The second kappa shape index (κ2) is 10.5. The highest BCUT2D eigenvalue weighted by molar-refractivity contribution is 6.31. The summed E-state index contributed by atoms with van der Waals surface area (Å²) in [5, 5.41) is 3.33. The van der Waals surface area contributed by atoms with Crippen LogP contribution in [0.5, 0.6) is 5.75 Å². The van der Waals surface area contributed by atoms with Crippen LogP contribution in [0.25, 0.3) is 0 Å². The van der Waals surface area contributed by atoms with Crippen molar-refractivity contribution in [1.29, 1.82) is 0 Å². The number of benzene rings is 2. The average Bonchev–Trinajstić information content (AvgIpc) is 2.70. The Morgan fingerprint density at radius 1 is 1.10 bits per heavy atom. The van der Waals surface area contributed by atoms with Gasteiger partial charge < -0.3 is 15.0 Å². The van der Waals surface area contributed by atoms with Crippen molar-refractivity contribution < 1.29 is 14.3 Å². The summed E-state index contributed by atoms with van der Waals surface area (Å²) in [6.07, 6.45) is 0. The zero-order chi connectivity index (χ0) is 22.3. The molecule has 0 saturated carbocycles. The molecular weight excluding hydrogens is 400 g/mol. The minimum atomic E-state index is -0.657. The molecule has 0 fully saturated rings. The van der Waals surface area contributed by atoms with Crippen molar-refractivity contribution in [3.05, 3.63) is 64.7 Å². The lowest BCUT2D eigenvalue weighted by atomic mass is 9.86. The molecule has 0 saturated heterocycles. The summed E-state index contributed by atoms with van der Waals surface area (Å²) in [5.74, 6) is 0.173. The number of rotatable bonds is 8. The SMILES string of the molecule is CCNC(=O)[C@@H](C)N(Cc1ccccc1Cl)C(=O)COc1ccccc1C(C)(C)C. The molecule has 0 aliphatic heterocycles. The second-order valence-electron chi connectivity index (χ2n) is 8.22. The molecule has 1 N–H and O–H groups in total. The second-order valence-corrected chi connectivity index (χ2v) is 8.63. The Morgan fingerprint density at radius 2 is 1.73 bits per heavy atom. The molecule has 0 radical (unpaired) electrons. The number of carbonyl (C=O) groups excluding carboxylic acids is 2. The monoisotopic (exact) mass is 430 g/mol. The van der Waals surface area contributed by atoms with Gasteiger partial charge in [0.05, 0.1) is 0 Å². The van der Waals surface area contributed by atoms with Crippen LogP contribution in [-0.2, 0) is 21.5 Å². The molecule has 0 heterocycles. The number of nitrogens with zero attached hydrogens (tertiary/aromatic N) is 1. The number of para-hydroxylation sites is 1. The molecular formula is C24H31ClN2O3. The van der Waals surface area contributed by atoms with Crippen LogP contribution in [0, 0.1) is 0 Å². The Hall–Kier alpha value is -2.53. The standard InChI is InChI=1S/C24H31ClN2O3/c1-6-26-23(29)17(2)27(15-18-11-7-9-13-20(18)25)22(28)16-30-21-14-10-8-12-19(21)24(3,4)5/h7-14,17H,6,15-16H2,1-5H3,(H,26,29)/t17-/m1/s1. The molecule has 2 aromatic rings. The van der Waals surface area contributed by atoms with Crippen LogP contribution in [0.15, 0.2) is 48.5 Å².